The molecule has 2 heterocycles. The minimum Gasteiger partial charge on any atom is -0.381 e. The van der Waals surface area contributed by atoms with Gasteiger partial charge >= 0.3 is 5.69 Å². The third-order valence-corrected chi connectivity index (χ3v) is 6.26. The lowest BCUT2D eigenvalue weighted by Gasteiger charge is -2.31. The number of nitrogens with zero attached hydrogens (tertiary/aromatic N) is 4. The topological polar surface area (TPSA) is 198 Å². The summed E-state index contributed by atoms with van der Waals surface area (Å²) in [6, 6.07) is 6.28. The molecule has 2 amide bonds. The zero-order valence-electron chi connectivity index (χ0n) is 21.3. The predicted octanol–water partition coefficient (Wildman–Crippen LogP) is 1.94. The zero-order valence-corrected chi connectivity index (χ0v) is 21.3. The van der Waals surface area contributed by atoms with Gasteiger partial charge in [0.2, 0.25) is 11.4 Å². The van der Waals surface area contributed by atoms with Gasteiger partial charge in [-0.15, -0.1) is 0 Å². The highest BCUT2D eigenvalue weighted by molar-refractivity contribution is 5.97. The minimum absolute atomic E-state index is 0.0743. The number of hydrogen-bond donors (Lipinski definition) is 3. The number of rotatable bonds is 16. The molecule has 2 aromatic heterocycles. The summed E-state index contributed by atoms with van der Waals surface area (Å²) in [7, 11) is 0. The largest absolute Gasteiger partial charge is 0.381 e. The Kier molecular flexibility index (Phi) is 10.0. The molecule has 0 bridgehead atoms. The second-order valence-corrected chi connectivity index (χ2v) is 8.31. The molecule has 1 aromatic carbocycles. The number of primary amides is 1. The molecular formula is C24H31N7O7. The summed E-state index contributed by atoms with van der Waals surface area (Å²) in [5.74, 6) is -0.888. The monoisotopic (exact) mass is 529 g/mol. The summed E-state index contributed by atoms with van der Waals surface area (Å²) in [6.45, 7) is 5.78. The molecule has 0 unspecified atom stereocenters. The van der Waals surface area contributed by atoms with Crippen molar-refractivity contribution in [3.63, 3.8) is 0 Å². The number of ether oxygens (including phenoxy) is 2. The van der Waals surface area contributed by atoms with E-state index in [1.165, 1.54) is 18.3 Å². The Bertz CT molecular complexity index is 1260. The lowest BCUT2D eigenvalue weighted by atomic mass is 9.74. The van der Waals surface area contributed by atoms with E-state index >= 15 is 0 Å². The van der Waals surface area contributed by atoms with Gasteiger partial charge in [-0.3, -0.25) is 24.7 Å². The molecule has 0 spiro atoms. The third kappa shape index (κ3) is 6.39. The average Bonchev–Trinajstić information content (AvgIpc) is 3.41. The molecule has 0 aliphatic carbocycles. The van der Waals surface area contributed by atoms with Crippen LogP contribution in [0.25, 0.3) is 11.0 Å². The van der Waals surface area contributed by atoms with Crippen molar-refractivity contribution < 1.29 is 28.6 Å². The Hall–Kier alpha value is -4.17. The number of aromatic nitrogens is 3. The Morgan fingerprint density at radius 3 is 2.39 bits per heavy atom. The van der Waals surface area contributed by atoms with E-state index in [1.807, 2.05) is 13.8 Å². The number of nitrogens with one attached hydrogen (secondary N) is 2. The van der Waals surface area contributed by atoms with Crippen LogP contribution in [0.3, 0.4) is 0 Å². The predicted molar refractivity (Wildman–Crippen MR) is 137 cm³/mol. The zero-order chi connectivity index (χ0) is 27.5. The smallest absolute Gasteiger partial charge is 0.300 e. The van der Waals surface area contributed by atoms with Crippen LogP contribution in [0.15, 0.2) is 35.1 Å². The van der Waals surface area contributed by atoms with E-state index in [0.29, 0.717) is 50.5 Å². The summed E-state index contributed by atoms with van der Waals surface area (Å²) in [5.41, 5.74) is 5.89. The Balaban J connectivity index is 1.36. The fourth-order valence-electron chi connectivity index (χ4n) is 4.19. The number of fused-ring (bicyclic) bond motifs is 1. The van der Waals surface area contributed by atoms with Crippen LogP contribution in [0, 0.1) is 10.1 Å². The summed E-state index contributed by atoms with van der Waals surface area (Å²) in [5, 5.41) is 24.3. The first-order chi connectivity index (χ1) is 18.4. The van der Waals surface area contributed by atoms with Crippen molar-refractivity contribution in [2.75, 3.05) is 44.8 Å². The van der Waals surface area contributed by atoms with Crippen LogP contribution in [0.4, 0.5) is 11.4 Å². The minimum atomic E-state index is -0.925. The van der Waals surface area contributed by atoms with E-state index in [1.54, 1.807) is 12.1 Å². The van der Waals surface area contributed by atoms with Crippen molar-refractivity contribution in [3.8, 4) is 0 Å². The number of benzene rings is 1. The molecule has 0 aliphatic rings. The Morgan fingerprint density at radius 1 is 1.05 bits per heavy atom. The van der Waals surface area contributed by atoms with Gasteiger partial charge in [0.05, 0.1) is 42.5 Å². The fourth-order valence-corrected chi connectivity index (χ4v) is 4.19. The fraction of sp³-hybridized carbons (Fsp3) is 0.458. The number of nitrogens with two attached hydrogens (primary N) is 1. The van der Waals surface area contributed by atoms with Crippen LogP contribution in [-0.4, -0.2) is 71.6 Å². The summed E-state index contributed by atoms with van der Waals surface area (Å²) >= 11 is 0. The number of nitro groups is 1. The van der Waals surface area contributed by atoms with E-state index in [4.69, 9.17) is 15.2 Å². The van der Waals surface area contributed by atoms with Gasteiger partial charge in [-0.2, -0.15) is 0 Å². The number of carbonyl (C=O) groups is 2. The van der Waals surface area contributed by atoms with Crippen LogP contribution in [0.5, 0.6) is 0 Å². The number of amides is 2. The van der Waals surface area contributed by atoms with E-state index in [-0.39, 0.29) is 41.5 Å². The summed E-state index contributed by atoms with van der Waals surface area (Å²) in [4.78, 5) is 39.6. The van der Waals surface area contributed by atoms with Crippen LogP contribution in [0.2, 0.25) is 0 Å². The lowest BCUT2D eigenvalue weighted by Crippen LogP contribution is -2.46. The Labute approximate surface area is 218 Å². The highest BCUT2D eigenvalue weighted by atomic mass is 16.6. The molecule has 3 rings (SSSR count). The second-order valence-electron chi connectivity index (χ2n) is 8.31. The Morgan fingerprint density at radius 2 is 1.74 bits per heavy atom. The number of nitro benzene ring substituents is 1. The van der Waals surface area contributed by atoms with Gasteiger partial charge in [0.1, 0.15) is 5.69 Å². The summed E-state index contributed by atoms with van der Waals surface area (Å²) in [6.07, 6.45) is 2.43. The molecule has 0 radical (unpaired) electrons. The molecule has 38 heavy (non-hydrogen) atoms. The first-order valence-electron chi connectivity index (χ1n) is 12.2. The molecule has 0 atom stereocenters. The normalized spacial score (nSPS) is 11.4. The second kappa shape index (κ2) is 13.4. The average molecular weight is 530 g/mol. The van der Waals surface area contributed by atoms with E-state index in [0.717, 1.165) is 0 Å². The molecule has 14 nitrogen and oxygen atoms in total. The van der Waals surface area contributed by atoms with Crippen molar-refractivity contribution >= 4 is 34.2 Å². The molecule has 0 fully saturated rings. The van der Waals surface area contributed by atoms with Gasteiger partial charge in [0, 0.05) is 25.4 Å². The number of non-ortho nitro benzene ring substituents is 1. The van der Waals surface area contributed by atoms with Gasteiger partial charge in [0.15, 0.2) is 5.52 Å². The van der Waals surface area contributed by atoms with Crippen molar-refractivity contribution in [1.82, 2.24) is 20.6 Å². The molecule has 0 saturated carbocycles. The maximum absolute atomic E-state index is 13.1. The molecule has 0 aliphatic heterocycles. The highest BCUT2D eigenvalue weighted by Gasteiger charge is 2.39. The van der Waals surface area contributed by atoms with Crippen molar-refractivity contribution in [2.45, 2.75) is 32.1 Å². The van der Waals surface area contributed by atoms with Gasteiger partial charge in [0.25, 0.3) is 5.91 Å². The van der Waals surface area contributed by atoms with Crippen molar-refractivity contribution in [3.05, 3.63) is 51.8 Å². The van der Waals surface area contributed by atoms with Crippen molar-refractivity contribution in [2.24, 2.45) is 5.73 Å². The van der Waals surface area contributed by atoms with Crippen LogP contribution >= 0.6 is 0 Å². The third-order valence-electron chi connectivity index (χ3n) is 6.26. The SMILES string of the molecule is CCC(CC)(C(=O)NCCOCCOCCNc1ccc([N+](=O)[O-])c2nonc12)c1cccnc1C(N)=O. The molecule has 4 N–H and O–H groups in total. The number of anilines is 1. The quantitative estimate of drug-likeness (QED) is 0.139. The first-order valence-corrected chi connectivity index (χ1v) is 12.2. The molecule has 14 heteroatoms. The number of hydrogen-bond acceptors (Lipinski definition) is 11. The summed E-state index contributed by atoms with van der Waals surface area (Å²) < 4.78 is 15.7. The van der Waals surface area contributed by atoms with E-state index in [9.17, 15) is 19.7 Å². The number of carbonyl (C=O) groups excluding carboxylic acids is 2. The lowest BCUT2D eigenvalue weighted by molar-refractivity contribution is -0.383. The van der Waals surface area contributed by atoms with Gasteiger partial charge < -0.3 is 25.8 Å². The maximum atomic E-state index is 13.1. The number of pyridine rings is 1. The molecular weight excluding hydrogens is 498 g/mol. The van der Waals surface area contributed by atoms with E-state index < -0.39 is 16.2 Å². The van der Waals surface area contributed by atoms with Crippen LogP contribution < -0.4 is 16.4 Å². The molecule has 3 aromatic rings. The highest BCUT2D eigenvalue weighted by Crippen LogP contribution is 2.33. The maximum Gasteiger partial charge on any atom is 0.300 e. The van der Waals surface area contributed by atoms with Crippen molar-refractivity contribution in [1.29, 1.82) is 0 Å². The van der Waals surface area contributed by atoms with E-state index in [2.05, 4.69) is 30.6 Å². The van der Waals surface area contributed by atoms with Crippen LogP contribution in [-0.2, 0) is 19.7 Å². The van der Waals surface area contributed by atoms with Gasteiger partial charge in [-0.1, -0.05) is 19.9 Å². The molecule has 204 valence electrons. The molecule has 0 saturated heterocycles. The van der Waals surface area contributed by atoms with Crippen LogP contribution in [0.1, 0.15) is 42.7 Å². The first kappa shape index (κ1) is 28.4. The van der Waals surface area contributed by atoms with Gasteiger partial charge in [-0.25, -0.2) is 4.63 Å². The standard InChI is InChI=1S/C24H31N7O7/c1-3-24(4-2,16-6-5-9-27-19(16)22(25)32)23(33)28-11-13-37-15-14-36-12-10-26-17-7-8-18(31(34)35)21-20(17)29-38-30-21/h5-9,26H,3-4,10-15H2,1-2H3,(H2,25,32)(H,28,33). The van der Waals surface area contributed by atoms with Gasteiger partial charge in [-0.05, 0) is 40.9 Å².